The Morgan fingerprint density at radius 3 is 2.59 bits per heavy atom. The molecule has 0 saturated carbocycles. The molecule has 0 radical (unpaired) electrons. The zero-order valence-electron chi connectivity index (χ0n) is 12.3. The highest BCUT2D eigenvalue weighted by molar-refractivity contribution is 7.98. The molecule has 0 spiro atoms. The van der Waals surface area contributed by atoms with E-state index in [0.29, 0.717) is 6.54 Å². The van der Waals surface area contributed by atoms with E-state index in [-0.39, 0.29) is 0 Å². The lowest BCUT2D eigenvalue weighted by Gasteiger charge is -2.07. The summed E-state index contributed by atoms with van der Waals surface area (Å²) in [7, 11) is 0. The SMILES string of the molecule is CSc1nc2ccccc2cc1/C=[N+](\[O-])Cc1ccccc1. The molecule has 22 heavy (non-hydrogen) atoms. The molecule has 0 N–H and O–H groups in total. The zero-order chi connectivity index (χ0) is 15.4. The summed E-state index contributed by atoms with van der Waals surface area (Å²) in [6.07, 6.45) is 3.60. The summed E-state index contributed by atoms with van der Waals surface area (Å²) in [5.41, 5.74) is 2.80. The maximum atomic E-state index is 12.2. The van der Waals surface area contributed by atoms with Crippen molar-refractivity contribution in [2.75, 3.05) is 6.26 Å². The van der Waals surface area contributed by atoms with Crippen LogP contribution in [0.25, 0.3) is 10.9 Å². The lowest BCUT2D eigenvalue weighted by molar-refractivity contribution is -0.469. The van der Waals surface area contributed by atoms with Gasteiger partial charge in [0.05, 0.1) is 11.1 Å². The van der Waals surface area contributed by atoms with Crippen LogP contribution in [0.1, 0.15) is 11.1 Å². The van der Waals surface area contributed by atoms with E-state index in [1.165, 1.54) is 0 Å². The second-order valence-electron chi connectivity index (χ2n) is 4.97. The van der Waals surface area contributed by atoms with E-state index in [9.17, 15) is 5.21 Å². The smallest absolute Gasteiger partial charge is 0.184 e. The Balaban J connectivity index is 1.96. The summed E-state index contributed by atoms with van der Waals surface area (Å²) in [5.74, 6) is 0. The van der Waals surface area contributed by atoms with Gasteiger partial charge in [-0.2, -0.15) is 0 Å². The van der Waals surface area contributed by atoms with Gasteiger partial charge in [0.1, 0.15) is 5.03 Å². The molecule has 3 aromatic rings. The van der Waals surface area contributed by atoms with Crippen molar-refractivity contribution in [2.24, 2.45) is 0 Å². The zero-order valence-corrected chi connectivity index (χ0v) is 13.1. The lowest BCUT2D eigenvalue weighted by atomic mass is 10.2. The van der Waals surface area contributed by atoms with Gasteiger partial charge in [-0.3, -0.25) is 0 Å². The number of rotatable bonds is 4. The Bertz CT molecular complexity index is 816. The topological polar surface area (TPSA) is 39.0 Å². The molecule has 1 aromatic heterocycles. The standard InChI is InChI=1S/C18H16N2OS/c1-22-18-16(11-15-9-5-6-10-17(15)19-18)13-20(21)12-14-7-3-2-4-8-14/h2-11,13H,12H2,1H3/b20-13-. The molecule has 2 aromatic carbocycles. The number of hydroxylamine groups is 1. The summed E-state index contributed by atoms with van der Waals surface area (Å²) in [6.45, 7) is 0.335. The summed E-state index contributed by atoms with van der Waals surface area (Å²) in [5, 5.41) is 14.1. The van der Waals surface area contributed by atoms with E-state index in [2.05, 4.69) is 4.98 Å². The molecule has 4 heteroatoms. The predicted molar refractivity (Wildman–Crippen MR) is 92.5 cm³/mol. The molecule has 0 bridgehead atoms. The number of hydrogen-bond donors (Lipinski definition) is 0. The van der Waals surface area contributed by atoms with Crippen molar-refractivity contribution >= 4 is 28.9 Å². The van der Waals surface area contributed by atoms with Crippen LogP contribution in [0, 0.1) is 5.21 Å². The van der Waals surface area contributed by atoms with Crippen molar-refractivity contribution in [2.45, 2.75) is 11.6 Å². The highest BCUT2D eigenvalue weighted by atomic mass is 32.2. The molecule has 3 rings (SSSR count). The number of fused-ring (bicyclic) bond motifs is 1. The quantitative estimate of drug-likeness (QED) is 0.240. The first-order valence-electron chi connectivity index (χ1n) is 7.02. The Labute approximate surface area is 133 Å². The Morgan fingerprint density at radius 2 is 1.82 bits per heavy atom. The van der Waals surface area contributed by atoms with Gasteiger partial charge in [0.15, 0.2) is 12.8 Å². The molecule has 0 unspecified atom stereocenters. The normalized spacial score (nSPS) is 11.8. The van der Waals surface area contributed by atoms with Crippen LogP contribution in [-0.2, 0) is 6.54 Å². The summed E-state index contributed by atoms with van der Waals surface area (Å²) >= 11 is 1.55. The maximum Gasteiger partial charge on any atom is 0.184 e. The maximum absolute atomic E-state index is 12.2. The molecule has 3 nitrogen and oxygen atoms in total. The van der Waals surface area contributed by atoms with Gasteiger partial charge in [-0.15, -0.1) is 11.8 Å². The van der Waals surface area contributed by atoms with Gasteiger partial charge in [-0.1, -0.05) is 48.5 Å². The molecular weight excluding hydrogens is 292 g/mol. The third-order valence-corrected chi connectivity index (χ3v) is 4.09. The van der Waals surface area contributed by atoms with Crippen molar-refractivity contribution in [1.82, 2.24) is 4.98 Å². The number of thioether (sulfide) groups is 1. The predicted octanol–water partition coefficient (Wildman–Crippen LogP) is 4.09. The van der Waals surface area contributed by atoms with Crippen LogP contribution in [0.5, 0.6) is 0 Å². The Hall–Kier alpha value is -2.33. The van der Waals surface area contributed by atoms with E-state index in [1.54, 1.807) is 18.0 Å². The van der Waals surface area contributed by atoms with E-state index in [1.807, 2.05) is 66.9 Å². The van der Waals surface area contributed by atoms with Crippen LogP contribution < -0.4 is 0 Å². The number of aromatic nitrogens is 1. The van der Waals surface area contributed by atoms with Gasteiger partial charge in [0.25, 0.3) is 0 Å². The minimum atomic E-state index is 0.335. The van der Waals surface area contributed by atoms with Gasteiger partial charge in [0, 0.05) is 10.9 Å². The first-order chi connectivity index (χ1) is 10.8. The fourth-order valence-electron chi connectivity index (χ4n) is 2.33. The van der Waals surface area contributed by atoms with Crippen molar-refractivity contribution < 1.29 is 4.74 Å². The van der Waals surface area contributed by atoms with Gasteiger partial charge in [-0.05, 0) is 18.4 Å². The number of nitrogens with zero attached hydrogens (tertiary/aromatic N) is 2. The number of pyridine rings is 1. The first kappa shape index (κ1) is 14.6. The monoisotopic (exact) mass is 308 g/mol. The molecule has 0 aliphatic carbocycles. The molecule has 0 amide bonds. The minimum Gasteiger partial charge on any atom is -0.624 e. The van der Waals surface area contributed by atoms with Crippen LogP contribution in [0.2, 0.25) is 0 Å². The third-order valence-electron chi connectivity index (χ3n) is 3.37. The van der Waals surface area contributed by atoms with Crippen molar-refractivity contribution in [3.8, 4) is 0 Å². The molecule has 0 fully saturated rings. The van der Waals surface area contributed by atoms with Crippen molar-refractivity contribution in [3.63, 3.8) is 0 Å². The van der Waals surface area contributed by atoms with E-state index in [0.717, 1.165) is 31.8 Å². The van der Waals surface area contributed by atoms with Crippen LogP contribution in [0.4, 0.5) is 0 Å². The van der Waals surface area contributed by atoms with Gasteiger partial charge < -0.3 is 5.21 Å². The number of benzene rings is 2. The first-order valence-corrected chi connectivity index (χ1v) is 8.25. The van der Waals surface area contributed by atoms with Gasteiger partial charge in [0.2, 0.25) is 0 Å². The molecular formula is C18H16N2OS. The largest absolute Gasteiger partial charge is 0.624 e. The molecule has 0 aliphatic heterocycles. The van der Waals surface area contributed by atoms with E-state index in [4.69, 9.17) is 0 Å². The Kier molecular flexibility index (Phi) is 4.39. The molecule has 0 aliphatic rings. The Morgan fingerprint density at radius 1 is 1.09 bits per heavy atom. The number of para-hydroxylation sites is 1. The lowest BCUT2D eigenvalue weighted by Crippen LogP contribution is -2.07. The van der Waals surface area contributed by atoms with Crippen molar-refractivity contribution in [3.05, 3.63) is 77.0 Å². The van der Waals surface area contributed by atoms with Crippen LogP contribution in [-0.4, -0.2) is 22.2 Å². The molecule has 110 valence electrons. The van der Waals surface area contributed by atoms with Crippen LogP contribution in [0.15, 0.2) is 65.7 Å². The van der Waals surface area contributed by atoms with Crippen LogP contribution >= 0.6 is 11.8 Å². The molecule has 0 saturated heterocycles. The van der Waals surface area contributed by atoms with Crippen molar-refractivity contribution in [1.29, 1.82) is 0 Å². The fraction of sp³-hybridized carbons (Fsp3) is 0.111. The van der Waals surface area contributed by atoms with Gasteiger partial charge >= 0.3 is 0 Å². The molecule has 1 heterocycles. The average Bonchev–Trinajstić information content (AvgIpc) is 2.55. The van der Waals surface area contributed by atoms with E-state index < -0.39 is 0 Å². The minimum absolute atomic E-state index is 0.335. The second kappa shape index (κ2) is 6.62. The average molecular weight is 308 g/mol. The number of hydrogen-bond acceptors (Lipinski definition) is 3. The van der Waals surface area contributed by atoms with Crippen LogP contribution in [0.3, 0.4) is 0 Å². The summed E-state index contributed by atoms with van der Waals surface area (Å²) < 4.78 is 0.959. The summed E-state index contributed by atoms with van der Waals surface area (Å²) in [4.78, 5) is 4.62. The van der Waals surface area contributed by atoms with E-state index >= 15 is 0 Å². The fourth-order valence-corrected chi connectivity index (χ4v) is 2.87. The highest BCUT2D eigenvalue weighted by Crippen LogP contribution is 2.22. The molecule has 0 atom stereocenters. The summed E-state index contributed by atoms with van der Waals surface area (Å²) in [6, 6.07) is 19.7. The van der Waals surface area contributed by atoms with Gasteiger partial charge in [-0.25, -0.2) is 9.72 Å². The second-order valence-corrected chi connectivity index (χ2v) is 5.76. The highest BCUT2D eigenvalue weighted by Gasteiger charge is 2.08. The third kappa shape index (κ3) is 3.28.